The van der Waals surface area contributed by atoms with Gasteiger partial charge in [0.1, 0.15) is 5.60 Å². The summed E-state index contributed by atoms with van der Waals surface area (Å²) in [4.78, 5) is 0. The minimum absolute atomic E-state index is 0.732. The van der Waals surface area contributed by atoms with Crippen LogP contribution in [0.15, 0.2) is 69.6 Å². The van der Waals surface area contributed by atoms with Crippen molar-refractivity contribution >= 4 is 31.9 Å². The summed E-state index contributed by atoms with van der Waals surface area (Å²) in [6.07, 6.45) is 0. The number of ether oxygens (including phenoxy) is 2. The highest BCUT2D eigenvalue weighted by Gasteiger charge is 2.57. The number of halogens is 2. The number of hydrogen-bond donors (Lipinski definition) is 0. The predicted octanol–water partition coefficient (Wildman–Crippen LogP) is 6.95. The van der Waals surface area contributed by atoms with Crippen LogP contribution in [0.2, 0.25) is 0 Å². The first-order chi connectivity index (χ1) is 13.4. The third-order valence-corrected chi connectivity index (χ3v) is 6.98. The maximum absolute atomic E-state index is 6.43. The van der Waals surface area contributed by atoms with Gasteiger partial charge in [-0.05, 0) is 60.4 Å². The Hall–Kier alpha value is -1.46. The van der Waals surface area contributed by atoms with E-state index in [2.05, 4.69) is 106 Å². The smallest absolute Gasteiger partial charge is 0.151 e. The van der Waals surface area contributed by atoms with Crippen molar-refractivity contribution < 1.29 is 9.47 Å². The van der Waals surface area contributed by atoms with Crippen molar-refractivity contribution in [2.75, 3.05) is 14.2 Å². The standard InChI is InChI=1S/C24H22Br2O2/c1-15-5-7-16(8-6-15)24(28-4)22-14-18(26)10-12-20(22)19-11-9-17(25)13-21(19)23(24,2)27-3/h5-14H,1-4H3. The second-order valence-electron chi connectivity index (χ2n) is 7.37. The van der Waals surface area contributed by atoms with Crippen molar-refractivity contribution in [3.05, 3.63) is 91.9 Å². The fourth-order valence-electron chi connectivity index (χ4n) is 4.53. The maximum Gasteiger partial charge on any atom is 0.151 e. The average Bonchev–Trinajstić information content (AvgIpc) is 2.70. The monoisotopic (exact) mass is 500 g/mol. The number of hydrogen-bond acceptors (Lipinski definition) is 2. The fourth-order valence-corrected chi connectivity index (χ4v) is 5.25. The largest absolute Gasteiger partial charge is 0.370 e. The Labute approximate surface area is 183 Å². The zero-order chi connectivity index (χ0) is 20.1. The van der Waals surface area contributed by atoms with Gasteiger partial charge in [0, 0.05) is 28.7 Å². The molecule has 0 N–H and O–H groups in total. The summed E-state index contributed by atoms with van der Waals surface area (Å²) in [5.41, 5.74) is 5.25. The summed E-state index contributed by atoms with van der Waals surface area (Å²) in [5, 5.41) is 0. The summed E-state index contributed by atoms with van der Waals surface area (Å²) in [5.74, 6) is 0. The van der Waals surface area contributed by atoms with E-state index in [1.54, 1.807) is 14.2 Å². The Morgan fingerprint density at radius 3 is 1.79 bits per heavy atom. The number of rotatable bonds is 3. The van der Waals surface area contributed by atoms with Gasteiger partial charge < -0.3 is 9.47 Å². The molecule has 2 atom stereocenters. The molecule has 1 aliphatic rings. The van der Waals surface area contributed by atoms with Gasteiger partial charge in [0.05, 0.1) is 0 Å². The molecule has 0 amide bonds. The number of fused-ring (bicyclic) bond motifs is 3. The van der Waals surface area contributed by atoms with E-state index in [0.717, 1.165) is 36.8 Å². The predicted molar refractivity (Wildman–Crippen MR) is 121 cm³/mol. The van der Waals surface area contributed by atoms with Crippen LogP contribution in [0, 0.1) is 6.92 Å². The summed E-state index contributed by atoms with van der Waals surface area (Å²) in [6.45, 7) is 4.21. The molecule has 0 saturated heterocycles. The van der Waals surface area contributed by atoms with Gasteiger partial charge in [-0.15, -0.1) is 0 Å². The molecule has 0 saturated carbocycles. The molecule has 1 aliphatic carbocycles. The summed E-state index contributed by atoms with van der Waals surface area (Å²) >= 11 is 7.31. The molecule has 4 rings (SSSR count). The van der Waals surface area contributed by atoms with Crippen molar-refractivity contribution in [2.45, 2.75) is 25.0 Å². The molecule has 0 radical (unpaired) electrons. The average molecular weight is 502 g/mol. The Bertz CT molecular complexity index is 1040. The highest BCUT2D eigenvalue weighted by molar-refractivity contribution is 9.10. The lowest BCUT2D eigenvalue weighted by Crippen LogP contribution is -2.53. The topological polar surface area (TPSA) is 18.5 Å². The van der Waals surface area contributed by atoms with Crippen LogP contribution in [0.1, 0.15) is 29.2 Å². The molecule has 3 aromatic rings. The zero-order valence-electron chi connectivity index (χ0n) is 16.3. The van der Waals surface area contributed by atoms with Crippen LogP contribution in [-0.2, 0) is 20.7 Å². The molecule has 2 nitrogen and oxygen atoms in total. The molecule has 0 aliphatic heterocycles. The molecule has 4 heteroatoms. The molecule has 0 spiro atoms. The molecule has 0 fully saturated rings. The third-order valence-electron chi connectivity index (χ3n) is 5.99. The van der Waals surface area contributed by atoms with Crippen LogP contribution in [0.4, 0.5) is 0 Å². The Kier molecular flexibility index (Phi) is 5.03. The van der Waals surface area contributed by atoms with E-state index in [0.29, 0.717) is 0 Å². The normalized spacial score (nSPS) is 23.2. The van der Waals surface area contributed by atoms with Gasteiger partial charge in [-0.1, -0.05) is 73.8 Å². The molecular weight excluding hydrogens is 480 g/mol. The Morgan fingerprint density at radius 1 is 0.714 bits per heavy atom. The van der Waals surface area contributed by atoms with Gasteiger partial charge in [-0.2, -0.15) is 0 Å². The van der Waals surface area contributed by atoms with Crippen molar-refractivity contribution in [1.29, 1.82) is 0 Å². The first kappa shape index (κ1) is 19.8. The van der Waals surface area contributed by atoms with Gasteiger partial charge in [-0.3, -0.25) is 0 Å². The molecule has 3 aromatic carbocycles. The van der Waals surface area contributed by atoms with E-state index in [1.807, 2.05) is 0 Å². The maximum atomic E-state index is 6.43. The lowest BCUT2D eigenvalue weighted by molar-refractivity contribution is -0.168. The van der Waals surface area contributed by atoms with Gasteiger partial charge >= 0.3 is 0 Å². The second kappa shape index (κ2) is 7.10. The van der Waals surface area contributed by atoms with Gasteiger partial charge in [0.15, 0.2) is 5.60 Å². The number of methoxy groups -OCH3 is 2. The highest BCUT2D eigenvalue weighted by atomic mass is 79.9. The zero-order valence-corrected chi connectivity index (χ0v) is 19.5. The second-order valence-corrected chi connectivity index (χ2v) is 9.20. The third kappa shape index (κ3) is 2.66. The minimum Gasteiger partial charge on any atom is -0.370 e. The summed E-state index contributed by atoms with van der Waals surface area (Å²) in [6, 6.07) is 21.3. The Morgan fingerprint density at radius 2 is 1.25 bits per heavy atom. The molecule has 2 unspecified atom stereocenters. The van der Waals surface area contributed by atoms with E-state index in [9.17, 15) is 0 Å². The lowest BCUT2D eigenvalue weighted by Gasteiger charge is -2.52. The highest BCUT2D eigenvalue weighted by Crippen LogP contribution is 2.58. The summed E-state index contributed by atoms with van der Waals surface area (Å²) < 4.78 is 14.7. The molecule has 0 aromatic heterocycles. The van der Waals surface area contributed by atoms with E-state index in [-0.39, 0.29) is 0 Å². The Balaban J connectivity index is 2.18. The van der Waals surface area contributed by atoms with Crippen LogP contribution < -0.4 is 0 Å². The number of aryl methyl sites for hydroxylation is 1. The van der Waals surface area contributed by atoms with Crippen LogP contribution in [0.25, 0.3) is 11.1 Å². The van der Waals surface area contributed by atoms with Crippen molar-refractivity contribution in [3.8, 4) is 11.1 Å². The molecule has 28 heavy (non-hydrogen) atoms. The lowest BCUT2D eigenvalue weighted by atomic mass is 9.63. The number of benzene rings is 3. The first-order valence-electron chi connectivity index (χ1n) is 9.15. The van der Waals surface area contributed by atoms with Crippen LogP contribution >= 0.6 is 31.9 Å². The van der Waals surface area contributed by atoms with Crippen molar-refractivity contribution in [1.82, 2.24) is 0 Å². The molecule has 144 valence electrons. The van der Waals surface area contributed by atoms with Crippen LogP contribution in [0.3, 0.4) is 0 Å². The van der Waals surface area contributed by atoms with Crippen molar-refractivity contribution in [2.24, 2.45) is 0 Å². The van der Waals surface area contributed by atoms with Gasteiger partial charge in [0.2, 0.25) is 0 Å². The minimum atomic E-state index is -0.803. The summed E-state index contributed by atoms with van der Waals surface area (Å²) in [7, 11) is 3.53. The SMILES string of the molecule is COC1(C)c2cc(Br)ccc2-c2ccc(Br)cc2C1(OC)c1ccc(C)cc1. The fraction of sp³-hybridized carbons (Fsp3) is 0.250. The van der Waals surface area contributed by atoms with E-state index >= 15 is 0 Å². The van der Waals surface area contributed by atoms with Crippen LogP contribution in [-0.4, -0.2) is 14.2 Å². The van der Waals surface area contributed by atoms with E-state index in [4.69, 9.17) is 9.47 Å². The van der Waals surface area contributed by atoms with E-state index in [1.165, 1.54) is 5.56 Å². The first-order valence-corrected chi connectivity index (χ1v) is 10.7. The van der Waals surface area contributed by atoms with Crippen molar-refractivity contribution in [3.63, 3.8) is 0 Å². The molecular formula is C24H22Br2O2. The van der Waals surface area contributed by atoms with Gasteiger partial charge in [0.25, 0.3) is 0 Å². The van der Waals surface area contributed by atoms with Gasteiger partial charge in [-0.25, -0.2) is 0 Å². The molecule has 0 heterocycles. The van der Waals surface area contributed by atoms with E-state index < -0.39 is 11.2 Å². The molecule has 0 bridgehead atoms. The van der Waals surface area contributed by atoms with Crippen LogP contribution in [0.5, 0.6) is 0 Å². The quantitative estimate of drug-likeness (QED) is 0.386.